The zero-order valence-electron chi connectivity index (χ0n) is 17.1. The van der Waals surface area contributed by atoms with E-state index in [1.807, 2.05) is 12.1 Å². The van der Waals surface area contributed by atoms with Crippen LogP contribution >= 0.6 is 11.6 Å². The number of amides is 1. The van der Waals surface area contributed by atoms with Crippen molar-refractivity contribution in [3.63, 3.8) is 0 Å². The van der Waals surface area contributed by atoms with Gasteiger partial charge in [0.05, 0.1) is 31.1 Å². The molecule has 1 aliphatic carbocycles. The van der Waals surface area contributed by atoms with E-state index in [1.165, 1.54) is 4.90 Å². The van der Waals surface area contributed by atoms with Gasteiger partial charge in [-0.15, -0.1) is 0 Å². The number of allylic oxidation sites excluding steroid dienone is 1. The van der Waals surface area contributed by atoms with Crippen LogP contribution in [-0.2, 0) is 14.3 Å². The minimum Gasteiger partial charge on any atom is -0.468 e. The smallest absolute Gasteiger partial charge is 0.410 e. The summed E-state index contributed by atoms with van der Waals surface area (Å²) < 4.78 is 10.1. The van der Waals surface area contributed by atoms with Crippen molar-refractivity contribution in [2.45, 2.75) is 12.8 Å². The summed E-state index contributed by atoms with van der Waals surface area (Å²) in [5, 5.41) is 20.5. The third kappa shape index (κ3) is 3.49. The Labute approximate surface area is 185 Å². The first-order chi connectivity index (χ1) is 14.8. The van der Waals surface area contributed by atoms with Crippen molar-refractivity contribution in [1.29, 1.82) is 10.5 Å². The van der Waals surface area contributed by atoms with E-state index in [-0.39, 0.29) is 31.0 Å². The number of nitrogens with zero attached hydrogens (tertiary/aromatic N) is 3. The summed E-state index contributed by atoms with van der Waals surface area (Å²) in [6, 6.07) is 10.8. The highest BCUT2D eigenvalue weighted by Gasteiger charge is 2.59. The van der Waals surface area contributed by atoms with Gasteiger partial charge in [-0.05, 0) is 30.2 Å². The first-order valence-corrected chi connectivity index (χ1v) is 10.0. The second-order valence-electron chi connectivity index (χ2n) is 7.21. The molecule has 31 heavy (non-hydrogen) atoms. The van der Waals surface area contributed by atoms with Gasteiger partial charge in [-0.2, -0.15) is 10.5 Å². The predicted octanol–water partition coefficient (Wildman–Crippen LogP) is 2.87. The summed E-state index contributed by atoms with van der Waals surface area (Å²) in [6.45, 7) is 2.26. The largest absolute Gasteiger partial charge is 0.468 e. The number of hydrogen-bond donors (Lipinski definition) is 1. The van der Waals surface area contributed by atoms with Crippen molar-refractivity contribution in [2.24, 2.45) is 17.1 Å². The third-order valence-electron chi connectivity index (χ3n) is 5.75. The Morgan fingerprint density at radius 2 is 2.00 bits per heavy atom. The third-order valence-corrected chi connectivity index (χ3v) is 6.00. The molecule has 1 amide bonds. The van der Waals surface area contributed by atoms with Crippen molar-refractivity contribution < 1.29 is 19.1 Å². The highest BCUT2D eigenvalue weighted by atomic mass is 35.5. The van der Waals surface area contributed by atoms with Crippen LogP contribution in [0.3, 0.4) is 0 Å². The number of carbonyl (C=O) groups excluding carboxylic acids is 2. The van der Waals surface area contributed by atoms with Gasteiger partial charge in [0.2, 0.25) is 5.41 Å². The van der Waals surface area contributed by atoms with Crippen molar-refractivity contribution in [3.05, 3.63) is 57.8 Å². The molecule has 1 heterocycles. The molecule has 0 bridgehead atoms. The SMILES string of the molecule is CCOC(=O)N1CC=C2C(C#N)=C(N)C(C#N)(C(=O)OC)C(c3ccc(Cl)cc3)C2C1. The molecule has 9 heteroatoms. The van der Waals surface area contributed by atoms with Gasteiger partial charge in [-0.25, -0.2) is 9.59 Å². The van der Waals surface area contributed by atoms with Crippen LogP contribution in [0.5, 0.6) is 0 Å². The lowest BCUT2D eigenvalue weighted by Gasteiger charge is -2.46. The lowest BCUT2D eigenvalue weighted by Crippen LogP contribution is -2.53. The summed E-state index contributed by atoms with van der Waals surface area (Å²) in [6.07, 6.45) is 1.20. The number of esters is 1. The summed E-state index contributed by atoms with van der Waals surface area (Å²) in [5.41, 5.74) is 5.48. The second-order valence-corrected chi connectivity index (χ2v) is 7.65. The van der Waals surface area contributed by atoms with E-state index >= 15 is 0 Å². The van der Waals surface area contributed by atoms with Gasteiger partial charge >= 0.3 is 12.1 Å². The molecule has 0 aromatic heterocycles. The number of hydrogen-bond acceptors (Lipinski definition) is 7. The van der Waals surface area contributed by atoms with Crippen LogP contribution in [0.1, 0.15) is 18.4 Å². The Bertz CT molecular complexity index is 1050. The number of methoxy groups -OCH3 is 1. The summed E-state index contributed by atoms with van der Waals surface area (Å²) in [4.78, 5) is 26.9. The molecule has 3 unspecified atom stereocenters. The minimum atomic E-state index is -1.95. The number of ether oxygens (including phenoxy) is 2. The zero-order chi connectivity index (χ0) is 22.8. The highest BCUT2D eigenvalue weighted by molar-refractivity contribution is 6.30. The molecule has 8 nitrogen and oxygen atoms in total. The van der Waals surface area contributed by atoms with Crippen molar-refractivity contribution in [2.75, 3.05) is 26.8 Å². The van der Waals surface area contributed by atoms with Gasteiger partial charge in [0.1, 0.15) is 6.07 Å². The number of rotatable bonds is 3. The van der Waals surface area contributed by atoms with Crippen LogP contribution in [0.15, 0.2) is 47.2 Å². The van der Waals surface area contributed by atoms with E-state index in [1.54, 1.807) is 37.3 Å². The van der Waals surface area contributed by atoms with E-state index in [0.717, 1.165) is 7.11 Å². The fourth-order valence-corrected chi connectivity index (χ4v) is 4.50. The molecular weight excluding hydrogens is 420 g/mol. The Kier molecular flexibility index (Phi) is 6.24. The first kappa shape index (κ1) is 22.2. The Morgan fingerprint density at radius 1 is 1.32 bits per heavy atom. The number of nitriles is 2. The van der Waals surface area contributed by atoms with Gasteiger partial charge in [0.15, 0.2) is 0 Å². The Hall–Kier alpha value is -3.49. The lowest BCUT2D eigenvalue weighted by molar-refractivity contribution is -0.149. The predicted molar refractivity (Wildman–Crippen MR) is 111 cm³/mol. The number of carbonyl (C=O) groups is 2. The number of nitrogens with two attached hydrogens (primary N) is 1. The summed E-state index contributed by atoms with van der Waals surface area (Å²) >= 11 is 6.04. The molecule has 0 spiro atoms. The standard InChI is InChI=1S/C22H21ClN4O4/c1-3-31-21(29)27-9-8-15-16(10-24)19(26)22(12-25,20(28)30-2)18(17(15)11-27)13-4-6-14(23)7-5-13/h4-8,17-18H,3,9,11,26H2,1-2H3. The fourth-order valence-electron chi connectivity index (χ4n) is 4.38. The molecule has 1 aliphatic heterocycles. The van der Waals surface area contributed by atoms with Crippen LogP contribution in [0, 0.1) is 34.0 Å². The van der Waals surface area contributed by atoms with Crippen LogP contribution in [0.25, 0.3) is 0 Å². The molecule has 2 N–H and O–H groups in total. The summed E-state index contributed by atoms with van der Waals surface area (Å²) in [5.74, 6) is -2.25. The molecule has 0 saturated heterocycles. The van der Waals surface area contributed by atoms with E-state index in [0.29, 0.717) is 16.2 Å². The highest BCUT2D eigenvalue weighted by Crippen LogP contribution is 2.55. The fraction of sp³-hybridized carbons (Fsp3) is 0.364. The van der Waals surface area contributed by atoms with Crippen LogP contribution in [0.4, 0.5) is 4.79 Å². The lowest BCUT2D eigenvalue weighted by atomic mass is 9.57. The van der Waals surface area contributed by atoms with Crippen LogP contribution in [-0.4, -0.2) is 43.8 Å². The molecule has 3 rings (SSSR count). The second kappa shape index (κ2) is 8.71. The maximum absolute atomic E-state index is 13.0. The number of fused-ring (bicyclic) bond motifs is 1. The van der Waals surface area contributed by atoms with Gasteiger partial charge in [0.25, 0.3) is 0 Å². The topological polar surface area (TPSA) is 129 Å². The minimum absolute atomic E-state index is 0.0608. The molecule has 0 saturated carbocycles. The van der Waals surface area contributed by atoms with Crippen molar-refractivity contribution in [1.82, 2.24) is 4.90 Å². The number of benzene rings is 1. The maximum atomic E-state index is 13.0. The van der Waals surface area contributed by atoms with Crippen LogP contribution < -0.4 is 5.73 Å². The summed E-state index contributed by atoms with van der Waals surface area (Å²) in [7, 11) is 1.16. The monoisotopic (exact) mass is 440 g/mol. The normalized spacial score (nSPS) is 24.9. The van der Waals surface area contributed by atoms with E-state index in [4.69, 9.17) is 26.8 Å². The van der Waals surface area contributed by atoms with Crippen molar-refractivity contribution >= 4 is 23.7 Å². The average Bonchev–Trinajstić information content (AvgIpc) is 2.78. The van der Waals surface area contributed by atoms with Gasteiger partial charge < -0.3 is 20.1 Å². The van der Waals surface area contributed by atoms with E-state index < -0.39 is 29.3 Å². The van der Waals surface area contributed by atoms with Crippen LogP contribution in [0.2, 0.25) is 5.02 Å². The molecule has 1 aromatic rings. The van der Waals surface area contributed by atoms with Gasteiger partial charge in [-0.3, -0.25) is 0 Å². The molecule has 2 aliphatic rings. The molecule has 0 fully saturated rings. The Morgan fingerprint density at radius 3 is 2.55 bits per heavy atom. The maximum Gasteiger partial charge on any atom is 0.410 e. The number of halogens is 1. The van der Waals surface area contributed by atoms with Crippen molar-refractivity contribution in [3.8, 4) is 12.1 Å². The quantitative estimate of drug-likeness (QED) is 0.715. The van der Waals surface area contributed by atoms with E-state index in [2.05, 4.69) is 0 Å². The van der Waals surface area contributed by atoms with Gasteiger partial charge in [0, 0.05) is 29.9 Å². The molecular formula is C22H21ClN4O4. The first-order valence-electron chi connectivity index (χ1n) is 9.63. The molecule has 1 aromatic carbocycles. The molecule has 160 valence electrons. The zero-order valence-corrected chi connectivity index (χ0v) is 17.8. The van der Waals surface area contributed by atoms with Gasteiger partial charge in [-0.1, -0.05) is 29.8 Å². The Balaban J connectivity index is 2.28. The molecule has 3 atom stereocenters. The van der Waals surface area contributed by atoms with E-state index in [9.17, 15) is 20.1 Å². The average molecular weight is 441 g/mol. The molecule has 0 radical (unpaired) electrons.